The fourth-order valence-electron chi connectivity index (χ4n) is 2.18. The molecule has 6 heteroatoms. The number of hydrogen-bond donors (Lipinski definition) is 0. The summed E-state index contributed by atoms with van der Waals surface area (Å²) in [6.07, 6.45) is 3.74. The summed E-state index contributed by atoms with van der Waals surface area (Å²) in [5, 5.41) is 0. The molecule has 0 N–H and O–H groups in total. The number of ether oxygens (including phenoxy) is 3. The van der Waals surface area contributed by atoms with Crippen LogP contribution in [0, 0.1) is 0 Å². The molecule has 0 aliphatic carbocycles. The molecule has 1 atom stereocenters. The molecule has 0 unspecified atom stereocenters. The molecular weight excluding hydrogens is 238 g/mol. The maximum Gasteiger partial charge on any atom is 0.328 e. The summed E-state index contributed by atoms with van der Waals surface area (Å²) in [7, 11) is 1.33. The first-order valence-corrected chi connectivity index (χ1v) is 6.07. The largest absolute Gasteiger partial charge is 0.494 e. The van der Waals surface area contributed by atoms with E-state index < -0.39 is 6.04 Å². The number of nitrogens with zero attached hydrogens (tertiary/aromatic N) is 1. The fraction of sp³-hybridized carbons (Fsp3) is 0.667. The average molecular weight is 255 g/mol. The lowest BCUT2D eigenvalue weighted by molar-refractivity contribution is -0.154. The van der Waals surface area contributed by atoms with Crippen molar-refractivity contribution in [2.24, 2.45) is 0 Å². The van der Waals surface area contributed by atoms with Gasteiger partial charge in [-0.3, -0.25) is 4.79 Å². The lowest BCUT2D eigenvalue weighted by Crippen LogP contribution is -2.49. The molecule has 0 saturated carbocycles. The lowest BCUT2D eigenvalue weighted by Gasteiger charge is -2.34. The molecule has 1 amide bonds. The van der Waals surface area contributed by atoms with E-state index >= 15 is 0 Å². The number of likely N-dealkylation sites (tertiary alicyclic amines) is 1. The highest BCUT2D eigenvalue weighted by Gasteiger charge is 2.35. The molecule has 0 spiro atoms. The van der Waals surface area contributed by atoms with Crippen molar-refractivity contribution < 1.29 is 23.8 Å². The van der Waals surface area contributed by atoms with Crippen LogP contribution in [0.25, 0.3) is 0 Å². The van der Waals surface area contributed by atoms with E-state index in [1.54, 1.807) is 0 Å². The van der Waals surface area contributed by atoms with Gasteiger partial charge in [-0.05, 0) is 19.3 Å². The van der Waals surface area contributed by atoms with Crippen molar-refractivity contribution in [3.63, 3.8) is 0 Å². The van der Waals surface area contributed by atoms with Gasteiger partial charge >= 0.3 is 5.97 Å². The van der Waals surface area contributed by atoms with E-state index in [1.807, 2.05) is 0 Å². The maximum absolute atomic E-state index is 12.2. The number of methoxy groups -OCH3 is 1. The first-order chi connectivity index (χ1) is 8.74. The van der Waals surface area contributed by atoms with Gasteiger partial charge in [0.1, 0.15) is 25.5 Å². The molecule has 0 aromatic heterocycles. The van der Waals surface area contributed by atoms with Crippen LogP contribution in [0.3, 0.4) is 0 Å². The highest BCUT2D eigenvalue weighted by Crippen LogP contribution is 2.21. The summed E-state index contributed by atoms with van der Waals surface area (Å²) in [6, 6.07) is -0.511. The van der Waals surface area contributed by atoms with Crippen molar-refractivity contribution in [3.05, 3.63) is 12.0 Å². The molecule has 2 aliphatic heterocycles. The van der Waals surface area contributed by atoms with E-state index in [2.05, 4.69) is 0 Å². The molecule has 0 bridgehead atoms. The Kier molecular flexibility index (Phi) is 4.07. The highest BCUT2D eigenvalue weighted by atomic mass is 16.6. The third kappa shape index (κ3) is 2.57. The molecule has 2 rings (SSSR count). The minimum Gasteiger partial charge on any atom is -0.494 e. The van der Waals surface area contributed by atoms with E-state index in [0.717, 1.165) is 12.8 Å². The van der Waals surface area contributed by atoms with Gasteiger partial charge in [0.05, 0.1) is 7.11 Å². The Balaban J connectivity index is 2.10. The Morgan fingerprint density at radius 2 is 2.22 bits per heavy atom. The van der Waals surface area contributed by atoms with E-state index in [0.29, 0.717) is 26.2 Å². The van der Waals surface area contributed by atoms with Crippen LogP contribution in [-0.4, -0.2) is 49.7 Å². The smallest absolute Gasteiger partial charge is 0.328 e. The van der Waals surface area contributed by atoms with Gasteiger partial charge in [-0.25, -0.2) is 4.79 Å². The summed E-state index contributed by atoms with van der Waals surface area (Å²) in [5.74, 6) is -0.512. The summed E-state index contributed by atoms with van der Waals surface area (Å²) < 4.78 is 15.0. The Bertz CT molecular complexity index is 365. The van der Waals surface area contributed by atoms with Crippen molar-refractivity contribution in [2.45, 2.75) is 25.3 Å². The standard InChI is InChI=1S/C12H17NO5/c1-16-12(15)9-4-2-3-5-13(9)11(14)10-8-17-6-7-18-10/h8-9H,2-7H2,1H3/t9-/m1/s1. The van der Waals surface area contributed by atoms with Gasteiger partial charge < -0.3 is 19.1 Å². The second kappa shape index (κ2) is 5.75. The zero-order valence-electron chi connectivity index (χ0n) is 10.4. The Labute approximate surface area is 105 Å². The number of amides is 1. The molecule has 6 nitrogen and oxygen atoms in total. The van der Waals surface area contributed by atoms with E-state index in [9.17, 15) is 9.59 Å². The van der Waals surface area contributed by atoms with E-state index in [4.69, 9.17) is 14.2 Å². The van der Waals surface area contributed by atoms with Crippen LogP contribution >= 0.6 is 0 Å². The van der Waals surface area contributed by atoms with E-state index in [1.165, 1.54) is 18.3 Å². The zero-order chi connectivity index (χ0) is 13.0. The van der Waals surface area contributed by atoms with Crippen molar-refractivity contribution in [2.75, 3.05) is 26.9 Å². The maximum atomic E-state index is 12.2. The quantitative estimate of drug-likeness (QED) is 0.669. The minimum atomic E-state index is -0.511. The van der Waals surface area contributed by atoms with Crippen LogP contribution in [0.15, 0.2) is 12.0 Å². The van der Waals surface area contributed by atoms with Crippen LogP contribution in [0.4, 0.5) is 0 Å². The molecule has 2 heterocycles. The third-order valence-corrected chi connectivity index (χ3v) is 3.10. The molecular formula is C12H17NO5. The number of rotatable bonds is 2. The highest BCUT2D eigenvalue weighted by molar-refractivity contribution is 5.94. The number of piperidine rings is 1. The predicted octanol–water partition coefficient (Wildman–Crippen LogP) is 0.429. The number of hydrogen-bond acceptors (Lipinski definition) is 5. The Morgan fingerprint density at radius 3 is 2.89 bits per heavy atom. The first-order valence-electron chi connectivity index (χ1n) is 6.07. The van der Waals surface area contributed by atoms with Crippen LogP contribution in [0.2, 0.25) is 0 Å². The minimum absolute atomic E-state index is 0.164. The van der Waals surface area contributed by atoms with Crippen LogP contribution in [0.5, 0.6) is 0 Å². The van der Waals surface area contributed by atoms with Crippen molar-refractivity contribution in [1.29, 1.82) is 0 Å². The van der Waals surface area contributed by atoms with Gasteiger partial charge in [0.15, 0.2) is 0 Å². The normalized spacial score (nSPS) is 23.5. The molecule has 0 aromatic rings. The zero-order valence-corrected chi connectivity index (χ0v) is 10.4. The lowest BCUT2D eigenvalue weighted by atomic mass is 10.0. The second-order valence-corrected chi connectivity index (χ2v) is 4.23. The summed E-state index contributed by atoms with van der Waals surface area (Å²) >= 11 is 0. The number of carbonyl (C=O) groups is 2. The topological polar surface area (TPSA) is 65.1 Å². The summed E-state index contributed by atoms with van der Waals surface area (Å²) in [6.45, 7) is 1.34. The number of esters is 1. The van der Waals surface area contributed by atoms with Crippen LogP contribution < -0.4 is 0 Å². The van der Waals surface area contributed by atoms with Gasteiger partial charge in [-0.2, -0.15) is 0 Å². The average Bonchev–Trinajstić information content (AvgIpc) is 2.46. The van der Waals surface area contributed by atoms with Gasteiger partial charge in [-0.15, -0.1) is 0 Å². The molecule has 18 heavy (non-hydrogen) atoms. The molecule has 0 radical (unpaired) electrons. The number of carbonyl (C=O) groups excluding carboxylic acids is 2. The van der Waals surface area contributed by atoms with Gasteiger partial charge in [0, 0.05) is 6.54 Å². The van der Waals surface area contributed by atoms with Crippen LogP contribution in [-0.2, 0) is 23.8 Å². The molecule has 100 valence electrons. The Morgan fingerprint density at radius 1 is 1.39 bits per heavy atom. The molecule has 2 aliphatic rings. The second-order valence-electron chi connectivity index (χ2n) is 4.23. The van der Waals surface area contributed by atoms with Crippen LogP contribution in [0.1, 0.15) is 19.3 Å². The van der Waals surface area contributed by atoms with Gasteiger partial charge in [0.2, 0.25) is 5.76 Å². The molecule has 1 fully saturated rings. The van der Waals surface area contributed by atoms with Gasteiger partial charge in [-0.1, -0.05) is 0 Å². The van der Waals surface area contributed by atoms with Gasteiger partial charge in [0.25, 0.3) is 5.91 Å². The first kappa shape index (κ1) is 12.7. The van der Waals surface area contributed by atoms with E-state index in [-0.39, 0.29) is 17.6 Å². The van der Waals surface area contributed by atoms with Crippen molar-refractivity contribution >= 4 is 11.9 Å². The molecule has 0 aromatic carbocycles. The predicted molar refractivity (Wildman–Crippen MR) is 61.4 cm³/mol. The molecule has 1 saturated heterocycles. The Hall–Kier alpha value is -1.72. The monoisotopic (exact) mass is 255 g/mol. The fourth-order valence-corrected chi connectivity index (χ4v) is 2.18. The third-order valence-electron chi connectivity index (χ3n) is 3.10. The van der Waals surface area contributed by atoms with Crippen molar-refractivity contribution in [3.8, 4) is 0 Å². The summed E-state index contributed by atoms with van der Waals surface area (Å²) in [4.78, 5) is 25.4. The van der Waals surface area contributed by atoms with Crippen molar-refractivity contribution in [1.82, 2.24) is 4.90 Å². The summed E-state index contributed by atoms with van der Waals surface area (Å²) in [5.41, 5.74) is 0. The SMILES string of the molecule is COC(=O)[C@H]1CCCCN1C(=O)C1=COCCO1.